The van der Waals surface area contributed by atoms with Gasteiger partial charge in [-0.25, -0.2) is 4.79 Å². The molecular weight excluding hydrogens is 361 g/mol. The number of aliphatic carboxylic acids is 1. The number of hydrogen-bond acceptors (Lipinski definition) is 3. The van der Waals surface area contributed by atoms with Crippen LogP contribution in [0, 0.1) is 0 Å². The number of ether oxygens (including phenoxy) is 1. The molecule has 1 N–H and O–H groups in total. The van der Waals surface area contributed by atoms with Crippen molar-refractivity contribution in [1.82, 2.24) is 0 Å². The zero-order chi connectivity index (χ0) is 15.2. The zero-order valence-electron chi connectivity index (χ0n) is 9.98. The van der Waals surface area contributed by atoms with Gasteiger partial charge in [0.15, 0.2) is 0 Å². The fraction of sp³-hybridized carbons (Fsp3) is 0.250. The third kappa shape index (κ3) is 6.33. The van der Waals surface area contributed by atoms with E-state index in [1.165, 1.54) is 6.08 Å². The lowest BCUT2D eigenvalue weighted by atomic mass is 10.2. The molecule has 8 heteroatoms. The van der Waals surface area contributed by atoms with Crippen LogP contribution < -0.4 is 4.74 Å². The lowest BCUT2D eigenvalue weighted by Crippen LogP contribution is -2.08. The molecule has 1 aromatic carbocycles. The highest BCUT2D eigenvalue weighted by atomic mass is 79.9. The zero-order valence-corrected chi connectivity index (χ0v) is 12.4. The van der Waals surface area contributed by atoms with Crippen molar-refractivity contribution in [3.63, 3.8) is 0 Å². The summed E-state index contributed by atoms with van der Waals surface area (Å²) in [6.07, 6.45) is 2.25. The maximum Gasteiger partial charge on any atom is 0.441 e. The molecule has 0 saturated heterocycles. The SMILES string of the molecule is O=C(O)/C=C/c1cccc(Br)c1OCCSC(F)(F)F. The van der Waals surface area contributed by atoms with Gasteiger partial charge in [-0.1, -0.05) is 12.1 Å². The molecule has 0 radical (unpaired) electrons. The summed E-state index contributed by atoms with van der Waals surface area (Å²) in [6, 6.07) is 4.93. The quantitative estimate of drug-likeness (QED) is 0.602. The van der Waals surface area contributed by atoms with Gasteiger partial charge >= 0.3 is 11.5 Å². The molecule has 20 heavy (non-hydrogen) atoms. The van der Waals surface area contributed by atoms with Crippen LogP contribution in [0.1, 0.15) is 5.56 Å². The van der Waals surface area contributed by atoms with E-state index in [4.69, 9.17) is 9.84 Å². The van der Waals surface area contributed by atoms with Crippen LogP contribution in [0.2, 0.25) is 0 Å². The number of halogens is 4. The van der Waals surface area contributed by atoms with Crippen molar-refractivity contribution in [3.05, 3.63) is 34.3 Å². The van der Waals surface area contributed by atoms with Crippen LogP contribution in [-0.2, 0) is 4.79 Å². The second kappa shape index (κ2) is 7.58. The average Bonchev–Trinajstić information content (AvgIpc) is 2.32. The number of rotatable bonds is 6. The van der Waals surface area contributed by atoms with E-state index < -0.39 is 11.5 Å². The number of hydrogen-bond donors (Lipinski definition) is 1. The number of carbonyl (C=O) groups is 1. The highest BCUT2D eigenvalue weighted by Crippen LogP contribution is 2.32. The minimum atomic E-state index is -4.29. The molecule has 0 aromatic heterocycles. The van der Waals surface area contributed by atoms with E-state index >= 15 is 0 Å². The molecule has 110 valence electrons. The summed E-state index contributed by atoms with van der Waals surface area (Å²) in [7, 11) is 0. The van der Waals surface area contributed by atoms with Crippen molar-refractivity contribution >= 4 is 39.7 Å². The summed E-state index contributed by atoms with van der Waals surface area (Å²) >= 11 is 3.04. The molecule has 0 aliphatic rings. The molecule has 0 atom stereocenters. The fourth-order valence-corrected chi connectivity index (χ4v) is 2.17. The average molecular weight is 371 g/mol. The number of para-hydroxylation sites is 1. The molecule has 0 bridgehead atoms. The molecule has 0 unspecified atom stereocenters. The van der Waals surface area contributed by atoms with Crippen LogP contribution in [0.4, 0.5) is 13.2 Å². The van der Waals surface area contributed by atoms with Gasteiger partial charge in [-0.15, -0.1) is 0 Å². The Morgan fingerprint density at radius 1 is 1.45 bits per heavy atom. The molecule has 3 nitrogen and oxygen atoms in total. The number of alkyl halides is 3. The van der Waals surface area contributed by atoms with Gasteiger partial charge in [-0.2, -0.15) is 13.2 Å². The molecule has 0 fully saturated rings. The topological polar surface area (TPSA) is 46.5 Å². The standard InChI is InChI=1S/C12H10BrF3O3S/c13-9-3-1-2-8(4-5-10(17)18)11(9)19-6-7-20-12(14,15)16/h1-5H,6-7H2,(H,17,18)/b5-4+. The fourth-order valence-electron chi connectivity index (χ4n) is 1.27. The van der Waals surface area contributed by atoms with E-state index in [0.29, 0.717) is 15.8 Å². The van der Waals surface area contributed by atoms with Gasteiger partial charge in [0.1, 0.15) is 5.75 Å². The first-order valence-electron chi connectivity index (χ1n) is 5.32. The monoisotopic (exact) mass is 370 g/mol. The third-order valence-electron chi connectivity index (χ3n) is 2.00. The Hall–Kier alpha value is -1.15. The number of carboxylic acids is 1. The molecule has 0 amide bonds. The van der Waals surface area contributed by atoms with Crippen LogP contribution in [0.15, 0.2) is 28.7 Å². The highest BCUT2D eigenvalue weighted by Gasteiger charge is 2.27. The number of carboxylic acid groups (broad SMARTS) is 1. The minimum absolute atomic E-state index is 0.138. The summed E-state index contributed by atoms with van der Waals surface area (Å²) in [4.78, 5) is 10.5. The van der Waals surface area contributed by atoms with Crippen molar-refractivity contribution in [2.24, 2.45) is 0 Å². The molecule has 0 aliphatic carbocycles. The van der Waals surface area contributed by atoms with Crippen LogP contribution in [0.3, 0.4) is 0 Å². The first kappa shape index (κ1) is 16.9. The second-order valence-electron chi connectivity index (χ2n) is 3.47. The van der Waals surface area contributed by atoms with Crippen LogP contribution in [0.5, 0.6) is 5.75 Å². The van der Waals surface area contributed by atoms with Crippen LogP contribution >= 0.6 is 27.7 Å². The maximum absolute atomic E-state index is 12.0. The molecule has 1 rings (SSSR count). The predicted octanol–water partition coefficient (Wildman–Crippen LogP) is 4.18. The van der Waals surface area contributed by atoms with E-state index in [0.717, 1.165) is 6.08 Å². The van der Waals surface area contributed by atoms with Crippen molar-refractivity contribution in [1.29, 1.82) is 0 Å². The highest BCUT2D eigenvalue weighted by molar-refractivity contribution is 9.10. The van der Waals surface area contributed by atoms with Gasteiger partial charge in [0.2, 0.25) is 0 Å². The normalized spacial score (nSPS) is 11.8. The first-order valence-corrected chi connectivity index (χ1v) is 7.10. The lowest BCUT2D eigenvalue weighted by molar-refractivity contribution is -0.131. The van der Waals surface area contributed by atoms with E-state index in [9.17, 15) is 18.0 Å². The summed E-state index contributed by atoms with van der Waals surface area (Å²) in [5.74, 6) is -1.05. The van der Waals surface area contributed by atoms with E-state index in [2.05, 4.69) is 15.9 Å². The first-order chi connectivity index (χ1) is 9.29. The third-order valence-corrected chi connectivity index (χ3v) is 3.32. The lowest BCUT2D eigenvalue weighted by Gasteiger charge is -2.11. The molecule has 0 aliphatic heterocycles. The number of thioether (sulfide) groups is 1. The van der Waals surface area contributed by atoms with Crippen molar-refractivity contribution in [2.45, 2.75) is 5.51 Å². The van der Waals surface area contributed by atoms with Crippen molar-refractivity contribution < 1.29 is 27.8 Å². The van der Waals surface area contributed by atoms with Gasteiger partial charge in [0, 0.05) is 17.4 Å². The summed E-state index contributed by atoms with van der Waals surface area (Å²) in [6.45, 7) is -0.138. The Labute approximate surface area is 125 Å². The smallest absolute Gasteiger partial charge is 0.441 e. The molecule has 1 aromatic rings. The van der Waals surface area contributed by atoms with Crippen molar-refractivity contribution in [3.8, 4) is 5.75 Å². The Balaban J connectivity index is 2.71. The maximum atomic E-state index is 12.0. The second-order valence-corrected chi connectivity index (χ2v) is 5.49. The Morgan fingerprint density at radius 3 is 2.75 bits per heavy atom. The summed E-state index contributed by atoms with van der Waals surface area (Å²) in [5.41, 5.74) is -3.82. The van der Waals surface area contributed by atoms with E-state index in [-0.39, 0.29) is 24.1 Å². The predicted molar refractivity (Wildman–Crippen MR) is 74.8 cm³/mol. The van der Waals surface area contributed by atoms with Gasteiger partial charge in [0.05, 0.1) is 11.1 Å². The molecular formula is C12H10BrF3O3S. The van der Waals surface area contributed by atoms with Crippen molar-refractivity contribution in [2.75, 3.05) is 12.4 Å². The van der Waals surface area contributed by atoms with Gasteiger partial charge in [0.25, 0.3) is 0 Å². The Bertz CT molecular complexity index is 503. The van der Waals surface area contributed by atoms with Gasteiger partial charge in [-0.05, 0) is 39.8 Å². The van der Waals surface area contributed by atoms with E-state index in [1.54, 1.807) is 18.2 Å². The number of benzene rings is 1. The summed E-state index contributed by atoms with van der Waals surface area (Å²) in [5, 5.41) is 8.57. The Kier molecular flexibility index (Phi) is 6.41. The minimum Gasteiger partial charge on any atom is -0.491 e. The van der Waals surface area contributed by atoms with Crippen LogP contribution in [0.25, 0.3) is 6.08 Å². The largest absolute Gasteiger partial charge is 0.491 e. The molecule has 0 spiro atoms. The Morgan fingerprint density at radius 2 is 2.15 bits per heavy atom. The molecule has 0 heterocycles. The van der Waals surface area contributed by atoms with Gasteiger partial charge < -0.3 is 9.84 Å². The van der Waals surface area contributed by atoms with Gasteiger partial charge in [-0.3, -0.25) is 0 Å². The molecule has 0 saturated carbocycles. The van der Waals surface area contributed by atoms with E-state index in [1.807, 2.05) is 0 Å². The summed E-state index contributed by atoms with van der Waals surface area (Å²) < 4.78 is 41.7. The van der Waals surface area contributed by atoms with Crippen LogP contribution in [-0.4, -0.2) is 28.9 Å².